The van der Waals surface area contributed by atoms with Gasteiger partial charge in [0.25, 0.3) is 0 Å². The predicted octanol–water partition coefficient (Wildman–Crippen LogP) is 6.24. The molecule has 4 aromatic rings. The van der Waals surface area contributed by atoms with Crippen LogP contribution in [0, 0.1) is 6.92 Å². The highest BCUT2D eigenvalue weighted by molar-refractivity contribution is 7.99. The van der Waals surface area contributed by atoms with Gasteiger partial charge >= 0.3 is 0 Å². The van der Waals surface area contributed by atoms with Crippen molar-refractivity contribution in [3.8, 4) is 0 Å². The topological polar surface area (TPSA) is 75.9 Å². The fourth-order valence-corrected chi connectivity index (χ4v) is 6.31. The molecule has 0 bridgehead atoms. The number of carbonyl (C=O) groups excluding carboxylic acids is 1. The zero-order chi connectivity index (χ0) is 27.2. The monoisotopic (exact) mass is 564 g/mol. The van der Waals surface area contributed by atoms with E-state index in [2.05, 4.69) is 63.1 Å². The van der Waals surface area contributed by atoms with Gasteiger partial charge in [-0.15, -0.1) is 10.2 Å². The molecule has 1 amide bonds. The molecule has 1 atom stereocenters. The lowest BCUT2D eigenvalue weighted by Gasteiger charge is -2.33. The van der Waals surface area contributed by atoms with Crippen molar-refractivity contribution < 1.29 is 4.79 Å². The molecule has 1 unspecified atom stereocenters. The molecular formula is C30H37ClN6OS. The number of likely N-dealkylation sites (tertiary alicyclic amines) is 1. The molecule has 0 spiro atoms. The highest BCUT2D eigenvalue weighted by atomic mass is 35.5. The minimum Gasteiger partial charge on any atom is -0.356 e. The number of hydrogen-bond donors (Lipinski definition) is 1. The maximum Gasteiger partial charge on any atom is 0.220 e. The van der Waals surface area contributed by atoms with Crippen LogP contribution >= 0.6 is 23.4 Å². The number of nitrogens with one attached hydrogen (secondary N) is 1. The van der Waals surface area contributed by atoms with Crippen LogP contribution in [-0.4, -0.2) is 62.0 Å². The number of aromatic nitrogens is 4. The molecule has 1 aliphatic heterocycles. The van der Waals surface area contributed by atoms with Crippen LogP contribution in [0.2, 0.25) is 5.02 Å². The van der Waals surface area contributed by atoms with Gasteiger partial charge < -0.3 is 14.8 Å². The summed E-state index contributed by atoms with van der Waals surface area (Å²) in [7, 11) is 0. The number of fused-ring (bicyclic) bond motifs is 3. The molecule has 0 saturated carbocycles. The Morgan fingerprint density at radius 1 is 1.15 bits per heavy atom. The van der Waals surface area contributed by atoms with Crippen molar-refractivity contribution >= 4 is 51.3 Å². The van der Waals surface area contributed by atoms with E-state index in [0.717, 1.165) is 59.3 Å². The minimum absolute atomic E-state index is 0.119. The van der Waals surface area contributed by atoms with E-state index in [1.165, 1.54) is 31.4 Å². The number of aryl methyl sites for hydroxylation is 1. The summed E-state index contributed by atoms with van der Waals surface area (Å²) in [6.07, 6.45) is 6.22. The van der Waals surface area contributed by atoms with Crippen LogP contribution in [0.5, 0.6) is 0 Å². The van der Waals surface area contributed by atoms with Gasteiger partial charge in [-0.1, -0.05) is 53.5 Å². The first-order valence-corrected chi connectivity index (χ1v) is 15.4. The predicted molar refractivity (Wildman–Crippen MR) is 161 cm³/mol. The average molecular weight is 565 g/mol. The van der Waals surface area contributed by atoms with E-state index in [9.17, 15) is 4.79 Å². The third kappa shape index (κ3) is 7.10. The maximum atomic E-state index is 12.3. The second-order valence-electron chi connectivity index (χ2n) is 10.5. The summed E-state index contributed by atoms with van der Waals surface area (Å²) in [5.74, 6) is 0.883. The average Bonchev–Trinajstić information content (AvgIpc) is 3.22. The quantitative estimate of drug-likeness (QED) is 0.172. The number of rotatable bonds is 11. The number of nitrogens with zero attached hydrogens (tertiary/aromatic N) is 5. The third-order valence-electron chi connectivity index (χ3n) is 7.50. The standard InChI is InChI=1S/C30H37ClN6OS/c1-21-12-13-26-25(18-21)28-29(37(26)20-23-9-5-10-24(31)19-23)33-30(35-34-28)39-17-6-11-27(38)32-14-7-16-36-15-4-3-8-22(36)2/h5,9-10,12-13,18-19,22H,3-4,6-8,11,14-17,20H2,1-2H3,(H,32,38). The number of thioether (sulfide) groups is 1. The lowest BCUT2D eigenvalue weighted by atomic mass is 10.0. The number of hydrogen-bond acceptors (Lipinski definition) is 6. The molecule has 39 heavy (non-hydrogen) atoms. The fraction of sp³-hybridized carbons (Fsp3) is 0.467. The molecule has 9 heteroatoms. The Morgan fingerprint density at radius 3 is 2.90 bits per heavy atom. The van der Waals surface area contributed by atoms with Crippen molar-refractivity contribution in [1.82, 2.24) is 30.0 Å². The normalized spacial score (nSPS) is 16.2. The van der Waals surface area contributed by atoms with Crippen molar-refractivity contribution in [3.63, 3.8) is 0 Å². The second-order valence-corrected chi connectivity index (χ2v) is 12.0. The fourth-order valence-electron chi connectivity index (χ4n) is 5.38. The molecule has 1 aliphatic rings. The lowest BCUT2D eigenvalue weighted by molar-refractivity contribution is -0.121. The summed E-state index contributed by atoms with van der Waals surface area (Å²) in [4.78, 5) is 19.8. The van der Waals surface area contributed by atoms with Crippen LogP contribution in [0.25, 0.3) is 22.1 Å². The number of piperidine rings is 1. The molecule has 2 aromatic heterocycles. The Morgan fingerprint density at radius 2 is 2.05 bits per heavy atom. The zero-order valence-corrected chi connectivity index (χ0v) is 24.4. The van der Waals surface area contributed by atoms with Gasteiger partial charge in [0.15, 0.2) is 5.65 Å². The molecule has 7 nitrogen and oxygen atoms in total. The van der Waals surface area contributed by atoms with Crippen molar-refractivity contribution in [1.29, 1.82) is 0 Å². The molecule has 0 aliphatic carbocycles. The largest absolute Gasteiger partial charge is 0.356 e. The van der Waals surface area contributed by atoms with Crippen LogP contribution in [0.3, 0.4) is 0 Å². The van der Waals surface area contributed by atoms with Gasteiger partial charge in [-0.3, -0.25) is 4.79 Å². The second kappa shape index (κ2) is 13.1. The lowest BCUT2D eigenvalue weighted by Crippen LogP contribution is -2.39. The van der Waals surface area contributed by atoms with Crippen LogP contribution < -0.4 is 5.32 Å². The molecule has 2 aromatic carbocycles. The van der Waals surface area contributed by atoms with Crippen molar-refractivity contribution in [3.05, 3.63) is 58.6 Å². The molecule has 1 fully saturated rings. The number of carbonyl (C=O) groups is 1. The van der Waals surface area contributed by atoms with Crippen LogP contribution in [-0.2, 0) is 11.3 Å². The smallest absolute Gasteiger partial charge is 0.220 e. The van der Waals surface area contributed by atoms with E-state index in [0.29, 0.717) is 29.2 Å². The third-order valence-corrected chi connectivity index (χ3v) is 8.66. The van der Waals surface area contributed by atoms with Gasteiger partial charge in [0, 0.05) is 48.3 Å². The first-order valence-electron chi connectivity index (χ1n) is 14.0. The molecule has 0 radical (unpaired) electrons. The molecule has 206 valence electrons. The summed E-state index contributed by atoms with van der Waals surface area (Å²) in [5, 5.41) is 14.5. The summed E-state index contributed by atoms with van der Waals surface area (Å²) in [6.45, 7) is 8.04. The van der Waals surface area contributed by atoms with E-state index in [1.807, 2.05) is 18.2 Å². The molecule has 5 rings (SSSR count). The van der Waals surface area contributed by atoms with Crippen molar-refractivity contribution in [2.24, 2.45) is 0 Å². The Kier molecular flexibility index (Phi) is 9.37. The molecule has 3 heterocycles. The Hall–Kier alpha value is -2.68. The number of amides is 1. The number of benzene rings is 2. The maximum absolute atomic E-state index is 12.3. The van der Waals surface area contributed by atoms with Gasteiger partial charge in [0.1, 0.15) is 5.52 Å². The van der Waals surface area contributed by atoms with Gasteiger partial charge in [-0.2, -0.15) is 0 Å². The van der Waals surface area contributed by atoms with Crippen molar-refractivity contribution in [2.45, 2.75) is 70.1 Å². The first kappa shape index (κ1) is 27.9. The van der Waals surface area contributed by atoms with Gasteiger partial charge in [-0.25, -0.2) is 4.98 Å². The summed E-state index contributed by atoms with van der Waals surface area (Å²) in [6, 6.07) is 14.9. The summed E-state index contributed by atoms with van der Waals surface area (Å²) in [5.41, 5.74) is 4.97. The molecule has 1 N–H and O–H groups in total. The van der Waals surface area contributed by atoms with Gasteiger partial charge in [0.2, 0.25) is 11.1 Å². The summed E-state index contributed by atoms with van der Waals surface area (Å²) < 4.78 is 2.19. The van der Waals surface area contributed by atoms with E-state index in [4.69, 9.17) is 16.6 Å². The van der Waals surface area contributed by atoms with E-state index in [-0.39, 0.29) is 5.91 Å². The van der Waals surface area contributed by atoms with Gasteiger partial charge in [-0.05, 0) is 75.9 Å². The van der Waals surface area contributed by atoms with Crippen LogP contribution in [0.15, 0.2) is 47.6 Å². The zero-order valence-electron chi connectivity index (χ0n) is 22.8. The van der Waals surface area contributed by atoms with Crippen LogP contribution in [0.1, 0.15) is 56.6 Å². The van der Waals surface area contributed by atoms with E-state index < -0.39 is 0 Å². The molecular weight excluding hydrogens is 528 g/mol. The molecule has 1 saturated heterocycles. The van der Waals surface area contributed by atoms with Crippen LogP contribution in [0.4, 0.5) is 0 Å². The van der Waals surface area contributed by atoms with E-state index in [1.54, 1.807) is 11.8 Å². The minimum atomic E-state index is 0.119. The van der Waals surface area contributed by atoms with Gasteiger partial charge in [0.05, 0.1) is 5.52 Å². The Balaban J connectivity index is 1.17. The Labute approximate surface area is 239 Å². The van der Waals surface area contributed by atoms with E-state index >= 15 is 0 Å². The number of halogens is 1. The highest BCUT2D eigenvalue weighted by Gasteiger charge is 2.18. The SMILES string of the molecule is Cc1ccc2c(c1)c1nnc(SCCCC(=O)NCCCN3CCCCC3C)nc1n2Cc1cccc(Cl)c1. The summed E-state index contributed by atoms with van der Waals surface area (Å²) >= 11 is 7.80. The first-order chi connectivity index (χ1) is 19.0. The van der Waals surface area contributed by atoms with Crippen molar-refractivity contribution in [2.75, 3.05) is 25.4 Å². The highest BCUT2D eigenvalue weighted by Crippen LogP contribution is 2.29. The Bertz CT molecular complexity index is 1440.